The van der Waals surface area contributed by atoms with E-state index in [9.17, 15) is 9.90 Å². The van der Waals surface area contributed by atoms with Crippen LogP contribution >= 0.6 is 0 Å². The van der Waals surface area contributed by atoms with E-state index in [1.54, 1.807) is 0 Å². The highest BCUT2D eigenvalue weighted by Crippen LogP contribution is 2.27. The van der Waals surface area contributed by atoms with E-state index in [0.717, 1.165) is 52.1 Å². The van der Waals surface area contributed by atoms with Crippen LogP contribution in [-0.4, -0.2) is 59.8 Å². The smallest absolute Gasteiger partial charge is 0.249 e. The maximum Gasteiger partial charge on any atom is 0.249 e. The number of carbonyl (C=O) groups is 1. The normalized spacial score (nSPS) is 12.6. The van der Waals surface area contributed by atoms with Gasteiger partial charge in [-0.2, -0.15) is 0 Å². The predicted molar refractivity (Wildman–Crippen MR) is 140 cm³/mol. The predicted octanol–water partition coefficient (Wildman–Crippen LogP) is 3.45. The van der Waals surface area contributed by atoms with Gasteiger partial charge in [0.25, 0.3) is 0 Å². The third-order valence-electron chi connectivity index (χ3n) is 6.24. The molecule has 0 bridgehead atoms. The van der Waals surface area contributed by atoms with Crippen LogP contribution < -0.4 is 10.6 Å². The number of H-pyrrole nitrogens is 1. The number of fused-ring (bicyclic) bond motifs is 4. The van der Waals surface area contributed by atoms with Crippen LogP contribution in [-0.2, 0) is 4.79 Å². The molecule has 2 aromatic carbocycles. The summed E-state index contributed by atoms with van der Waals surface area (Å²) >= 11 is 0. The lowest BCUT2D eigenvalue weighted by Crippen LogP contribution is -2.38. The van der Waals surface area contributed by atoms with Gasteiger partial charge in [-0.15, -0.1) is 10.2 Å². The summed E-state index contributed by atoms with van der Waals surface area (Å²) in [4.78, 5) is 24.8. The molecule has 0 spiro atoms. The van der Waals surface area contributed by atoms with E-state index in [4.69, 9.17) is 9.97 Å². The van der Waals surface area contributed by atoms with Gasteiger partial charge in [0.05, 0.1) is 22.1 Å². The second kappa shape index (κ2) is 9.90. The number of aliphatic hydroxyl groups is 1. The van der Waals surface area contributed by atoms with Crippen molar-refractivity contribution in [2.24, 2.45) is 5.92 Å². The number of hydrogen-bond donors (Lipinski definition) is 4. The van der Waals surface area contributed by atoms with Crippen molar-refractivity contribution in [1.29, 1.82) is 0 Å². The number of benzene rings is 2. The number of nitrogens with one attached hydrogen (secondary N) is 3. The van der Waals surface area contributed by atoms with Gasteiger partial charge in [0.1, 0.15) is 17.8 Å². The molecule has 10 nitrogen and oxygen atoms in total. The monoisotopic (exact) mass is 486 g/mol. The molecule has 3 aromatic heterocycles. The van der Waals surface area contributed by atoms with Gasteiger partial charge in [0.2, 0.25) is 11.6 Å². The lowest BCUT2D eigenvalue weighted by atomic mass is 10.1. The molecule has 3 heterocycles. The topological polar surface area (TPSA) is 133 Å². The fourth-order valence-electron chi connectivity index (χ4n) is 4.21. The van der Waals surface area contributed by atoms with Gasteiger partial charge in [-0.3, -0.25) is 9.20 Å². The number of aromatic nitrogens is 6. The number of rotatable bonds is 9. The number of imidazole rings is 1. The molecule has 5 aromatic rings. The summed E-state index contributed by atoms with van der Waals surface area (Å²) in [7, 11) is 0. The van der Waals surface area contributed by atoms with Gasteiger partial charge < -0.3 is 20.7 Å². The Morgan fingerprint density at radius 1 is 1.06 bits per heavy atom. The molecule has 0 fully saturated rings. The van der Waals surface area contributed by atoms with Gasteiger partial charge in [-0.1, -0.05) is 26.0 Å². The van der Waals surface area contributed by atoms with E-state index >= 15 is 0 Å². The van der Waals surface area contributed by atoms with Crippen LogP contribution in [0.3, 0.4) is 0 Å². The van der Waals surface area contributed by atoms with Gasteiger partial charge in [-0.05, 0) is 56.0 Å². The van der Waals surface area contributed by atoms with Gasteiger partial charge in [0.15, 0.2) is 5.82 Å². The van der Waals surface area contributed by atoms with Gasteiger partial charge in [-0.25, -0.2) is 9.97 Å². The second-order valence-electron chi connectivity index (χ2n) is 9.29. The average Bonchev–Trinajstić information content (AvgIpc) is 3.49. The van der Waals surface area contributed by atoms with E-state index in [1.165, 1.54) is 0 Å². The van der Waals surface area contributed by atoms with E-state index in [1.807, 2.05) is 67.6 Å². The highest BCUT2D eigenvalue weighted by molar-refractivity contribution is 5.87. The quantitative estimate of drug-likeness (QED) is 0.235. The van der Waals surface area contributed by atoms with E-state index in [2.05, 4.69) is 25.8 Å². The first-order valence-electron chi connectivity index (χ1n) is 12.2. The number of anilines is 1. The molecule has 36 heavy (non-hydrogen) atoms. The number of unbranched alkanes of at least 4 members (excludes halogenated alkanes) is 1. The summed E-state index contributed by atoms with van der Waals surface area (Å²) in [6.07, 6.45) is 0.615. The van der Waals surface area contributed by atoms with Crippen molar-refractivity contribution in [3.8, 4) is 11.4 Å². The van der Waals surface area contributed by atoms with Crippen LogP contribution in [0.4, 0.5) is 5.82 Å². The summed E-state index contributed by atoms with van der Waals surface area (Å²) in [6.45, 7) is 6.72. The lowest BCUT2D eigenvalue weighted by Gasteiger charge is -2.14. The minimum absolute atomic E-state index is 0.105. The van der Waals surface area contributed by atoms with Crippen molar-refractivity contribution in [2.45, 2.75) is 39.7 Å². The Labute approximate surface area is 208 Å². The van der Waals surface area contributed by atoms with Crippen LogP contribution in [0.5, 0.6) is 0 Å². The van der Waals surface area contributed by atoms with Gasteiger partial charge >= 0.3 is 0 Å². The maximum absolute atomic E-state index is 11.9. The second-order valence-corrected chi connectivity index (χ2v) is 9.29. The highest BCUT2D eigenvalue weighted by Gasteiger charge is 2.18. The number of aromatic amines is 1. The first-order chi connectivity index (χ1) is 17.4. The molecule has 0 radical (unpaired) electrons. The van der Waals surface area contributed by atoms with Crippen molar-refractivity contribution < 1.29 is 9.90 Å². The molecule has 0 unspecified atom stereocenters. The van der Waals surface area contributed by atoms with Crippen molar-refractivity contribution in [3.63, 3.8) is 0 Å². The van der Waals surface area contributed by atoms with Gasteiger partial charge in [0, 0.05) is 18.7 Å². The van der Waals surface area contributed by atoms with Crippen molar-refractivity contribution in [1.82, 2.24) is 34.9 Å². The van der Waals surface area contributed by atoms with Crippen LogP contribution in [0, 0.1) is 12.8 Å². The summed E-state index contributed by atoms with van der Waals surface area (Å²) < 4.78 is 2.00. The Bertz CT molecular complexity index is 1500. The van der Waals surface area contributed by atoms with E-state index in [0.29, 0.717) is 24.6 Å². The van der Waals surface area contributed by atoms with Crippen LogP contribution in [0.2, 0.25) is 0 Å². The molecule has 0 aliphatic carbocycles. The number of amides is 1. The van der Waals surface area contributed by atoms with Crippen molar-refractivity contribution in [2.75, 3.05) is 18.4 Å². The minimum atomic E-state index is -0.973. The van der Waals surface area contributed by atoms with Crippen LogP contribution in [0.15, 0.2) is 42.5 Å². The number of aryl methyl sites for hydroxylation is 1. The van der Waals surface area contributed by atoms with Crippen molar-refractivity contribution in [3.05, 3.63) is 48.3 Å². The molecule has 4 N–H and O–H groups in total. The SMILES string of the molecule is Cc1nnc2c(NCCCCNC(=O)[C@@H](O)C(C)C)nc3cc(-c4nc5ccccc5[nH]4)ccc3n12. The fraction of sp³-hybridized carbons (Fsp3) is 0.346. The average molecular weight is 487 g/mol. The molecular formula is C26H30N8O2. The van der Waals surface area contributed by atoms with E-state index in [-0.39, 0.29) is 11.8 Å². The molecule has 0 aliphatic heterocycles. The van der Waals surface area contributed by atoms with E-state index < -0.39 is 6.10 Å². The highest BCUT2D eigenvalue weighted by atomic mass is 16.3. The minimum Gasteiger partial charge on any atom is -0.383 e. The summed E-state index contributed by atoms with van der Waals surface area (Å²) in [5.74, 6) is 1.80. The lowest BCUT2D eigenvalue weighted by molar-refractivity contribution is -0.131. The number of aliphatic hydroxyl groups excluding tert-OH is 1. The zero-order chi connectivity index (χ0) is 25.2. The van der Waals surface area contributed by atoms with Crippen LogP contribution in [0.1, 0.15) is 32.5 Å². The Hall–Kier alpha value is -4.05. The maximum atomic E-state index is 11.9. The van der Waals surface area contributed by atoms with Crippen LogP contribution in [0.25, 0.3) is 39.1 Å². The third-order valence-corrected chi connectivity index (χ3v) is 6.24. The number of carbonyl (C=O) groups excluding carboxylic acids is 1. The summed E-state index contributed by atoms with van der Waals surface area (Å²) in [6, 6.07) is 14.0. The molecular weight excluding hydrogens is 456 g/mol. The van der Waals surface area contributed by atoms with Crippen molar-refractivity contribution >= 4 is 39.4 Å². The number of nitrogens with zero attached hydrogens (tertiary/aromatic N) is 5. The molecule has 1 amide bonds. The Balaban J connectivity index is 1.33. The molecule has 0 saturated heterocycles. The molecule has 1 atom stereocenters. The number of hydrogen-bond acceptors (Lipinski definition) is 7. The largest absolute Gasteiger partial charge is 0.383 e. The first-order valence-corrected chi connectivity index (χ1v) is 12.2. The zero-order valence-electron chi connectivity index (χ0n) is 20.6. The Morgan fingerprint density at radius 3 is 2.67 bits per heavy atom. The molecule has 186 valence electrons. The fourth-order valence-corrected chi connectivity index (χ4v) is 4.21. The third kappa shape index (κ3) is 4.59. The molecule has 0 saturated carbocycles. The Kier molecular flexibility index (Phi) is 6.51. The summed E-state index contributed by atoms with van der Waals surface area (Å²) in [5.41, 5.74) is 5.25. The molecule has 10 heteroatoms. The standard InChI is InChI=1S/C26H30N8O2/c1-15(2)22(35)26(36)28-13-7-6-12-27-24-25-33-32-16(3)34(25)21-11-10-17(14-20(21)31-24)23-29-18-8-4-5-9-19(18)30-23/h4-5,8-11,14-15,22,35H,6-7,12-13H2,1-3H3,(H,27,31)(H,28,36)(H,29,30)/t22-/m0/s1. The number of para-hydroxylation sites is 2. The summed E-state index contributed by atoms with van der Waals surface area (Å²) in [5, 5.41) is 24.6. The first kappa shape index (κ1) is 23.7. The Morgan fingerprint density at radius 2 is 1.86 bits per heavy atom. The molecule has 5 rings (SSSR count). The zero-order valence-corrected chi connectivity index (χ0v) is 20.6. The molecule has 0 aliphatic rings.